The lowest BCUT2D eigenvalue weighted by molar-refractivity contribution is 0.0810. The molecule has 7 rings (SSSR count). The average Bonchev–Trinajstić information content (AvgIpc) is 3.42. The van der Waals surface area contributed by atoms with Crippen LogP contribution in [-0.2, 0) is 6.54 Å². The molecule has 0 bridgehead atoms. The first-order chi connectivity index (χ1) is 19.2. The molecule has 2 unspecified atom stereocenters. The number of carbonyl (C=O) groups excluding carboxylic acids is 1. The second kappa shape index (κ2) is 9.62. The molecule has 0 amide bonds. The molecule has 1 N–H and O–H groups in total. The summed E-state index contributed by atoms with van der Waals surface area (Å²) >= 11 is 0. The van der Waals surface area contributed by atoms with Crippen LogP contribution in [0, 0.1) is 11.3 Å². The number of aliphatic imine (C=N–C) groups is 2. The molecular weight excluding hydrogens is 482 g/mol. The molecule has 2 atom stereocenters. The molecule has 3 aliphatic rings. The maximum absolute atomic E-state index is 14.6. The number of carbonyl (C=O) groups is 1. The van der Waals surface area contributed by atoms with Crippen LogP contribution in [0.2, 0.25) is 0 Å². The highest BCUT2D eigenvalue weighted by Crippen LogP contribution is 2.50. The first-order valence-electron chi connectivity index (χ1n) is 13.6. The predicted octanol–water partition coefficient (Wildman–Crippen LogP) is 6.46. The SMILES string of the molecule is O=C(c1cccc2ccccc12)C1CCN(Cc2cnc[nH]2)C2=NC=CN=C3C=C(c4ccccc4)CCC321. The molecule has 0 radical (unpaired) electrons. The number of piperidine rings is 1. The standard InChI is InChI=1S/C33H29N5O/c39-31(28-12-6-10-24-9-4-5-11-27(24)28)29-14-18-38(21-26-20-34-22-37-26)32-33(29)15-13-25(23-7-2-1-3-8-23)19-30(33)35-16-17-36-32/h1-12,16-17,19-20,22,29H,13-15,18,21H2,(H,34,37). The maximum atomic E-state index is 14.6. The van der Waals surface area contributed by atoms with Crippen molar-refractivity contribution < 1.29 is 4.79 Å². The van der Waals surface area contributed by atoms with Gasteiger partial charge in [-0.3, -0.25) is 9.79 Å². The van der Waals surface area contributed by atoms with Crippen molar-refractivity contribution in [2.75, 3.05) is 6.54 Å². The van der Waals surface area contributed by atoms with Crippen molar-refractivity contribution in [2.24, 2.45) is 21.3 Å². The van der Waals surface area contributed by atoms with Gasteiger partial charge in [0.1, 0.15) is 5.84 Å². The van der Waals surface area contributed by atoms with Crippen molar-refractivity contribution in [3.63, 3.8) is 0 Å². The van der Waals surface area contributed by atoms with Gasteiger partial charge in [-0.1, -0.05) is 72.8 Å². The van der Waals surface area contributed by atoms with Crippen LogP contribution in [0.3, 0.4) is 0 Å². The lowest BCUT2D eigenvalue weighted by atomic mass is 9.59. The topological polar surface area (TPSA) is 73.7 Å². The summed E-state index contributed by atoms with van der Waals surface area (Å²) in [6, 6.07) is 24.7. The van der Waals surface area contributed by atoms with Crippen LogP contribution < -0.4 is 0 Å². The molecule has 1 aliphatic carbocycles. The van der Waals surface area contributed by atoms with Crippen LogP contribution in [0.25, 0.3) is 16.3 Å². The third-order valence-corrected chi connectivity index (χ3v) is 8.45. The van der Waals surface area contributed by atoms with E-state index in [2.05, 4.69) is 63.4 Å². The summed E-state index contributed by atoms with van der Waals surface area (Å²) in [4.78, 5) is 34.4. The number of allylic oxidation sites excluding steroid dienone is 2. The normalized spacial score (nSPS) is 22.3. The summed E-state index contributed by atoms with van der Waals surface area (Å²) in [7, 11) is 0. The van der Waals surface area contributed by atoms with E-state index < -0.39 is 5.41 Å². The number of Topliss-reactive ketones (excluding diaryl/α,β-unsaturated/α-hetero) is 1. The number of amidine groups is 1. The van der Waals surface area contributed by atoms with Crippen LogP contribution in [0.15, 0.2) is 114 Å². The zero-order chi connectivity index (χ0) is 26.2. The second-order valence-electron chi connectivity index (χ2n) is 10.5. The number of H-pyrrole nitrogens is 1. The van der Waals surface area contributed by atoms with E-state index in [-0.39, 0.29) is 11.7 Å². The molecule has 3 aromatic carbocycles. The Hall–Kier alpha value is -4.58. The largest absolute Gasteiger partial charge is 0.353 e. The molecule has 3 heterocycles. The monoisotopic (exact) mass is 511 g/mol. The number of nitrogens with one attached hydrogen (secondary N) is 1. The van der Waals surface area contributed by atoms with E-state index in [0.717, 1.165) is 59.4 Å². The fourth-order valence-electron chi connectivity index (χ4n) is 6.64. The van der Waals surface area contributed by atoms with E-state index in [1.165, 1.54) is 11.1 Å². The van der Waals surface area contributed by atoms with Crippen molar-refractivity contribution in [2.45, 2.75) is 25.8 Å². The Labute approximate surface area is 227 Å². The van der Waals surface area contributed by atoms with Crippen molar-refractivity contribution in [3.05, 3.63) is 121 Å². The molecular formula is C33H29N5O. The van der Waals surface area contributed by atoms with Crippen LogP contribution in [0.5, 0.6) is 0 Å². The van der Waals surface area contributed by atoms with E-state index >= 15 is 0 Å². The Balaban J connectivity index is 1.37. The first kappa shape index (κ1) is 23.5. The number of aromatic nitrogens is 2. The van der Waals surface area contributed by atoms with E-state index in [0.29, 0.717) is 6.54 Å². The minimum Gasteiger partial charge on any atom is -0.353 e. The molecule has 6 nitrogen and oxygen atoms in total. The zero-order valence-electron chi connectivity index (χ0n) is 21.6. The summed E-state index contributed by atoms with van der Waals surface area (Å²) in [5, 5.41) is 2.08. The minimum absolute atomic E-state index is 0.173. The van der Waals surface area contributed by atoms with Crippen LogP contribution in [-0.4, -0.2) is 38.7 Å². The summed E-state index contributed by atoms with van der Waals surface area (Å²) in [5.74, 6) is 0.831. The Morgan fingerprint density at radius 1 is 0.974 bits per heavy atom. The molecule has 192 valence electrons. The number of rotatable bonds is 5. The average molecular weight is 512 g/mol. The summed E-state index contributed by atoms with van der Waals surface area (Å²) in [6.45, 7) is 1.39. The van der Waals surface area contributed by atoms with E-state index in [4.69, 9.17) is 9.98 Å². The molecule has 1 saturated heterocycles. The molecule has 0 saturated carbocycles. The summed E-state index contributed by atoms with van der Waals surface area (Å²) < 4.78 is 0. The molecule has 1 spiro atoms. The highest BCUT2D eigenvalue weighted by atomic mass is 16.1. The van der Waals surface area contributed by atoms with Gasteiger partial charge in [0, 0.05) is 36.6 Å². The lowest BCUT2D eigenvalue weighted by Gasteiger charge is -2.50. The van der Waals surface area contributed by atoms with Crippen molar-refractivity contribution in [1.82, 2.24) is 14.9 Å². The smallest absolute Gasteiger partial charge is 0.168 e. The number of aromatic amines is 1. The van der Waals surface area contributed by atoms with Gasteiger partial charge in [-0.15, -0.1) is 0 Å². The van der Waals surface area contributed by atoms with Gasteiger partial charge in [0.05, 0.1) is 29.7 Å². The second-order valence-corrected chi connectivity index (χ2v) is 10.5. The molecule has 2 aliphatic heterocycles. The molecule has 6 heteroatoms. The highest BCUT2D eigenvalue weighted by molar-refractivity contribution is 6.24. The van der Waals surface area contributed by atoms with Gasteiger partial charge in [0.2, 0.25) is 0 Å². The van der Waals surface area contributed by atoms with Gasteiger partial charge in [-0.25, -0.2) is 9.98 Å². The van der Waals surface area contributed by atoms with E-state index in [1.807, 2.05) is 36.5 Å². The maximum Gasteiger partial charge on any atom is 0.168 e. The Bertz CT molecular complexity index is 1660. The Kier molecular flexibility index (Phi) is 5.81. The van der Waals surface area contributed by atoms with E-state index in [9.17, 15) is 4.79 Å². The Morgan fingerprint density at radius 2 is 1.79 bits per heavy atom. The van der Waals surface area contributed by atoms with Gasteiger partial charge in [0.25, 0.3) is 0 Å². The number of nitrogens with zero attached hydrogens (tertiary/aromatic N) is 4. The number of likely N-dealkylation sites (tertiary alicyclic amines) is 1. The lowest BCUT2D eigenvalue weighted by Crippen LogP contribution is -2.59. The van der Waals surface area contributed by atoms with E-state index in [1.54, 1.807) is 18.7 Å². The summed E-state index contributed by atoms with van der Waals surface area (Å²) in [6.07, 6.45) is 11.7. The van der Waals surface area contributed by atoms with Crippen LogP contribution >= 0.6 is 0 Å². The third-order valence-electron chi connectivity index (χ3n) is 8.45. The molecule has 39 heavy (non-hydrogen) atoms. The van der Waals surface area contributed by atoms with Gasteiger partial charge in [-0.05, 0) is 47.2 Å². The van der Waals surface area contributed by atoms with Gasteiger partial charge < -0.3 is 9.88 Å². The number of ketones is 1. The predicted molar refractivity (Wildman–Crippen MR) is 155 cm³/mol. The van der Waals surface area contributed by atoms with Crippen molar-refractivity contribution in [1.29, 1.82) is 0 Å². The number of fused-ring (bicyclic) bond motifs is 1. The van der Waals surface area contributed by atoms with Gasteiger partial charge in [-0.2, -0.15) is 0 Å². The van der Waals surface area contributed by atoms with Gasteiger partial charge >= 0.3 is 0 Å². The van der Waals surface area contributed by atoms with Crippen molar-refractivity contribution >= 4 is 33.7 Å². The van der Waals surface area contributed by atoms with Gasteiger partial charge in [0.15, 0.2) is 5.78 Å². The highest BCUT2D eigenvalue weighted by Gasteiger charge is 2.55. The minimum atomic E-state index is -0.617. The van der Waals surface area contributed by atoms with Crippen molar-refractivity contribution in [3.8, 4) is 0 Å². The number of hydrogen-bond donors (Lipinski definition) is 1. The zero-order valence-corrected chi connectivity index (χ0v) is 21.6. The summed E-state index contributed by atoms with van der Waals surface area (Å²) in [5.41, 5.74) is 4.56. The quantitative estimate of drug-likeness (QED) is 0.313. The number of imidazole rings is 1. The molecule has 1 aromatic heterocycles. The van der Waals surface area contributed by atoms with Crippen LogP contribution in [0.4, 0.5) is 0 Å². The third kappa shape index (κ3) is 3.95. The number of hydrogen-bond acceptors (Lipinski definition) is 5. The Morgan fingerprint density at radius 3 is 2.67 bits per heavy atom. The molecule has 4 aromatic rings. The first-order valence-corrected chi connectivity index (χ1v) is 13.6. The fraction of sp³-hybridized carbons (Fsp3) is 0.212. The fourth-order valence-corrected chi connectivity index (χ4v) is 6.64. The number of benzene rings is 3. The van der Waals surface area contributed by atoms with Crippen LogP contribution in [0.1, 0.15) is 40.9 Å². The molecule has 1 fully saturated rings.